The lowest BCUT2D eigenvalue weighted by Crippen LogP contribution is -1.90. The lowest BCUT2D eigenvalue weighted by Gasteiger charge is -2.08. The van der Waals surface area contributed by atoms with E-state index in [2.05, 4.69) is 25.9 Å². The molecule has 0 spiro atoms. The fraction of sp³-hybridized carbons (Fsp3) is 0. The van der Waals surface area contributed by atoms with Crippen LogP contribution in [-0.2, 0) is 0 Å². The highest BCUT2D eigenvalue weighted by molar-refractivity contribution is 9.10. The molecule has 0 aliphatic heterocycles. The number of nitrogen functional groups attached to an aromatic ring is 1. The van der Waals surface area contributed by atoms with Crippen LogP contribution in [0, 0.1) is 0 Å². The van der Waals surface area contributed by atoms with Crippen molar-refractivity contribution in [2.24, 2.45) is 0 Å². The van der Waals surface area contributed by atoms with Gasteiger partial charge in [0.25, 0.3) is 0 Å². The summed E-state index contributed by atoms with van der Waals surface area (Å²) in [4.78, 5) is 8.60. The van der Waals surface area contributed by atoms with Crippen molar-refractivity contribution >= 4 is 32.7 Å². The molecule has 2 aromatic heterocycles. The second-order valence-electron chi connectivity index (χ2n) is 4.00. The molecule has 3 aromatic rings. The zero-order chi connectivity index (χ0) is 13.2. The molecule has 0 amide bonds. The summed E-state index contributed by atoms with van der Waals surface area (Å²) in [6.07, 6.45) is 3.42. The van der Waals surface area contributed by atoms with E-state index in [-0.39, 0.29) is 0 Å². The lowest BCUT2D eigenvalue weighted by atomic mass is 10.3. The Hall–Kier alpha value is -2.14. The van der Waals surface area contributed by atoms with Gasteiger partial charge in [-0.25, -0.2) is 4.98 Å². The normalized spacial score (nSPS) is 10.6. The van der Waals surface area contributed by atoms with E-state index in [9.17, 15) is 0 Å². The molecule has 94 valence electrons. The van der Waals surface area contributed by atoms with Crippen LogP contribution in [0.5, 0.6) is 11.5 Å². The Morgan fingerprint density at radius 3 is 2.63 bits per heavy atom. The number of fused-ring (bicyclic) bond motifs is 1. The maximum Gasteiger partial charge on any atom is 0.156 e. The summed E-state index contributed by atoms with van der Waals surface area (Å²) in [5, 5.41) is 0. The summed E-state index contributed by atoms with van der Waals surface area (Å²) in [6.45, 7) is 0. The highest BCUT2D eigenvalue weighted by Crippen LogP contribution is 2.28. The molecule has 0 saturated heterocycles. The van der Waals surface area contributed by atoms with E-state index in [1.54, 1.807) is 30.6 Å². The number of nitrogens with zero attached hydrogens (tertiary/aromatic N) is 2. The van der Waals surface area contributed by atoms with Gasteiger partial charge in [-0.1, -0.05) is 0 Å². The third-order valence-electron chi connectivity index (χ3n) is 2.62. The predicted octanol–water partition coefficient (Wildman–Crippen LogP) is 3.77. The molecule has 0 atom stereocenters. The van der Waals surface area contributed by atoms with E-state index < -0.39 is 0 Å². The van der Waals surface area contributed by atoms with Gasteiger partial charge in [0, 0.05) is 28.6 Å². The molecule has 0 unspecified atom stereocenters. The maximum atomic E-state index is 5.81. The molecule has 0 saturated carbocycles. The maximum absolute atomic E-state index is 5.81. The summed E-state index contributed by atoms with van der Waals surface area (Å²) >= 11 is 3.37. The Morgan fingerprint density at radius 2 is 1.84 bits per heavy atom. The highest BCUT2D eigenvalue weighted by atomic mass is 79.9. The molecular formula is C14H10BrN3O. The Bertz CT molecular complexity index is 728. The molecule has 0 aliphatic rings. The largest absolute Gasteiger partial charge is 0.455 e. The van der Waals surface area contributed by atoms with E-state index in [1.807, 2.05) is 18.2 Å². The number of anilines is 1. The number of halogens is 1. The Morgan fingerprint density at radius 1 is 1.05 bits per heavy atom. The summed E-state index contributed by atoms with van der Waals surface area (Å²) < 4.78 is 6.70. The van der Waals surface area contributed by atoms with Gasteiger partial charge >= 0.3 is 0 Å². The molecule has 4 nitrogen and oxygen atoms in total. The van der Waals surface area contributed by atoms with Crippen molar-refractivity contribution in [1.29, 1.82) is 0 Å². The first-order valence-electron chi connectivity index (χ1n) is 5.66. The predicted molar refractivity (Wildman–Crippen MR) is 78.2 cm³/mol. The third kappa shape index (κ3) is 2.51. The Kier molecular flexibility index (Phi) is 3.05. The van der Waals surface area contributed by atoms with Gasteiger partial charge < -0.3 is 10.5 Å². The average Bonchev–Trinajstić information content (AvgIpc) is 2.41. The number of hydrogen-bond acceptors (Lipinski definition) is 4. The molecule has 1 aromatic carbocycles. The standard InChI is InChI=1S/C14H10BrN3O/c15-9-7-12-14(18-8-9)13(5-6-17-12)19-11-3-1-10(16)2-4-11/h1-8H,16H2. The fourth-order valence-electron chi connectivity index (χ4n) is 1.73. The monoisotopic (exact) mass is 315 g/mol. The minimum atomic E-state index is 0.669. The van der Waals surface area contributed by atoms with Crippen molar-refractivity contribution in [2.45, 2.75) is 0 Å². The van der Waals surface area contributed by atoms with Crippen LogP contribution in [0.15, 0.2) is 53.3 Å². The first-order valence-corrected chi connectivity index (χ1v) is 6.45. The second kappa shape index (κ2) is 4.85. The number of benzene rings is 1. The van der Waals surface area contributed by atoms with Gasteiger partial charge in [0.15, 0.2) is 5.75 Å². The molecule has 2 N–H and O–H groups in total. The molecule has 5 heteroatoms. The number of hydrogen-bond donors (Lipinski definition) is 1. The molecule has 2 heterocycles. The zero-order valence-corrected chi connectivity index (χ0v) is 11.5. The first kappa shape index (κ1) is 11.9. The van der Waals surface area contributed by atoms with Gasteiger partial charge in [-0.15, -0.1) is 0 Å². The quantitative estimate of drug-likeness (QED) is 0.731. The van der Waals surface area contributed by atoms with Crippen LogP contribution >= 0.6 is 15.9 Å². The van der Waals surface area contributed by atoms with Crippen LogP contribution in [0.2, 0.25) is 0 Å². The van der Waals surface area contributed by atoms with Gasteiger partial charge in [0.2, 0.25) is 0 Å². The fourth-order valence-corrected chi connectivity index (χ4v) is 2.05. The first-order chi connectivity index (χ1) is 9.22. The molecule has 0 bridgehead atoms. The van der Waals surface area contributed by atoms with Gasteiger partial charge in [-0.05, 0) is 46.3 Å². The van der Waals surface area contributed by atoms with E-state index in [4.69, 9.17) is 10.5 Å². The highest BCUT2D eigenvalue weighted by Gasteiger charge is 2.06. The van der Waals surface area contributed by atoms with Crippen LogP contribution in [0.3, 0.4) is 0 Å². The Balaban J connectivity index is 2.03. The third-order valence-corrected chi connectivity index (χ3v) is 3.05. The second-order valence-corrected chi connectivity index (χ2v) is 4.92. The zero-order valence-electron chi connectivity index (χ0n) is 9.88. The number of nitrogens with two attached hydrogens (primary N) is 1. The SMILES string of the molecule is Nc1ccc(Oc2ccnc3cc(Br)cnc23)cc1. The summed E-state index contributed by atoms with van der Waals surface area (Å²) in [6, 6.07) is 10.9. The van der Waals surface area contributed by atoms with Crippen LogP contribution in [0.25, 0.3) is 11.0 Å². The number of ether oxygens (including phenoxy) is 1. The van der Waals surface area contributed by atoms with Crippen LogP contribution < -0.4 is 10.5 Å². The number of pyridine rings is 2. The van der Waals surface area contributed by atoms with Crippen molar-refractivity contribution in [3.8, 4) is 11.5 Å². The van der Waals surface area contributed by atoms with E-state index >= 15 is 0 Å². The molecule has 19 heavy (non-hydrogen) atoms. The van der Waals surface area contributed by atoms with Crippen molar-refractivity contribution in [3.63, 3.8) is 0 Å². The van der Waals surface area contributed by atoms with Gasteiger partial charge in [-0.3, -0.25) is 4.98 Å². The topological polar surface area (TPSA) is 61.0 Å². The van der Waals surface area contributed by atoms with E-state index in [1.165, 1.54) is 0 Å². The van der Waals surface area contributed by atoms with Gasteiger partial charge in [-0.2, -0.15) is 0 Å². The minimum absolute atomic E-state index is 0.669. The summed E-state index contributed by atoms with van der Waals surface area (Å²) in [5.74, 6) is 1.38. The van der Waals surface area contributed by atoms with Crippen LogP contribution in [0.4, 0.5) is 5.69 Å². The summed E-state index contributed by atoms with van der Waals surface area (Å²) in [5.41, 5.74) is 7.85. The van der Waals surface area contributed by atoms with Gasteiger partial charge in [0.1, 0.15) is 11.3 Å². The van der Waals surface area contributed by atoms with Crippen LogP contribution in [0.1, 0.15) is 0 Å². The van der Waals surface area contributed by atoms with Crippen LogP contribution in [-0.4, -0.2) is 9.97 Å². The minimum Gasteiger partial charge on any atom is -0.455 e. The molecular weight excluding hydrogens is 306 g/mol. The average molecular weight is 316 g/mol. The lowest BCUT2D eigenvalue weighted by molar-refractivity contribution is 0.487. The van der Waals surface area contributed by atoms with Gasteiger partial charge in [0.05, 0.1) is 5.52 Å². The van der Waals surface area contributed by atoms with Crippen molar-refractivity contribution in [2.75, 3.05) is 5.73 Å². The summed E-state index contributed by atoms with van der Waals surface area (Å²) in [7, 11) is 0. The number of rotatable bonds is 2. The van der Waals surface area contributed by atoms with E-state index in [0.717, 1.165) is 15.5 Å². The smallest absolute Gasteiger partial charge is 0.156 e. The van der Waals surface area contributed by atoms with Crippen molar-refractivity contribution < 1.29 is 4.74 Å². The van der Waals surface area contributed by atoms with Crippen molar-refractivity contribution in [1.82, 2.24) is 9.97 Å². The number of aromatic nitrogens is 2. The molecule has 0 radical (unpaired) electrons. The van der Waals surface area contributed by atoms with E-state index in [0.29, 0.717) is 17.2 Å². The molecule has 0 fully saturated rings. The van der Waals surface area contributed by atoms with Crippen molar-refractivity contribution in [3.05, 3.63) is 53.3 Å². The molecule has 3 rings (SSSR count). The Labute approximate surface area is 118 Å². The molecule has 0 aliphatic carbocycles.